The van der Waals surface area contributed by atoms with Crippen LogP contribution in [0.25, 0.3) is 0 Å². The Bertz CT molecular complexity index is 539. The molecule has 8 heteroatoms. The number of anilines is 1. The monoisotopic (exact) mass is 316 g/mol. The Morgan fingerprint density at radius 2 is 2.24 bits per heavy atom. The summed E-state index contributed by atoms with van der Waals surface area (Å²) in [5, 5.41) is 13.9. The minimum Gasteiger partial charge on any atom is -0.465 e. The lowest BCUT2D eigenvalue weighted by Crippen LogP contribution is -2.19. The van der Waals surface area contributed by atoms with E-state index in [0.29, 0.717) is 0 Å². The molecule has 0 aliphatic rings. The van der Waals surface area contributed by atoms with Crippen molar-refractivity contribution in [2.24, 2.45) is 0 Å². The highest BCUT2D eigenvalue weighted by atomic mass is 32.2. The number of thioether (sulfide) groups is 1. The minimum atomic E-state index is -0.977. The van der Waals surface area contributed by atoms with Crippen LogP contribution in [0.3, 0.4) is 0 Å². The largest absolute Gasteiger partial charge is 0.465 e. The molecule has 1 N–H and O–H groups in total. The molecule has 0 bridgehead atoms. The summed E-state index contributed by atoms with van der Waals surface area (Å²) in [6, 6.07) is 1.78. The number of halogens is 1. The Labute approximate surface area is 126 Å². The molecular weight excluding hydrogens is 299 g/mol. The quantitative estimate of drug-likeness (QED) is 0.473. The molecule has 1 atom stereocenters. The summed E-state index contributed by atoms with van der Waals surface area (Å²) in [5.41, 5.74) is -0.638. The zero-order valence-corrected chi connectivity index (χ0v) is 12.8. The maximum Gasteiger partial charge on any atom is 0.340 e. The second kappa shape index (κ2) is 7.82. The van der Waals surface area contributed by atoms with Crippen LogP contribution in [0.4, 0.5) is 15.8 Å². The van der Waals surface area contributed by atoms with Crippen LogP contribution >= 0.6 is 11.8 Å². The first-order valence-corrected chi connectivity index (χ1v) is 7.46. The number of hydrogen-bond donors (Lipinski definition) is 1. The number of nitro groups is 1. The molecule has 0 aliphatic heterocycles. The van der Waals surface area contributed by atoms with Gasteiger partial charge < -0.3 is 10.1 Å². The van der Waals surface area contributed by atoms with E-state index in [1.807, 2.05) is 13.8 Å². The van der Waals surface area contributed by atoms with Gasteiger partial charge in [0.05, 0.1) is 23.7 Å². The molecule has 0 radical (unpaired) electrons. The number of esters is 1. The highest BCUT2D eigenvalue weighted by Gasteiger charge is 2.23. The van der Waals surface area contributed by atoms with Crippen molar-refractivity contribution in [3.8, 4) is 0 Å². The molecule has 1 unspecified atom stereocenters. The van der Waals surface area contributed by atoms with Crippen molar-refractivity contribution in [3.05, 3.63) is 33.6 Å². The standard InChI is InChI=1S/C13H17FN2O4S/c1-4-21-7-8(2)15-11-5-9(13(17)20-3)10(14)6-12(11)16(18)19/h5-6,8,15H,4,7H2,1-3H3. The predicted molar refractivity (Wildman–Crippen MR) is 80.5 cm³/mol. The van der Waals surface area contributed by atoms with Gasteiger partial charge in [0.2, 0.25) is 0 Å². The number of benzene rings is 1. The third-order valence-corrected chi connectivity index (χ3v) is 3.81. The van der Waals surface area contributed by atoms with Crippen LogP contribution in [-0.2, 0) is 4.74 Å². The number of rotatable bonds is 7. The van der Waals surface area contributed by atoms with Gasteiger partial charge in [0.25, 0.3) is 5.69 Å². The summed E-state index contributed by atoms with van der Waals surface area (Å²) < 4.78 is 18.2. The summed E-state index contributed by atoms with van der Waals surface area (Å²) in [5.74, 6) is -0.195. The molecule has 1 aromatic carbocycles. The van der Waals surface area contributed by atoms with Crippen LogP contribution in [0.5, 0.6) is 0 Å². The number of nitrogens with one attached hydrogen (secondary N) is 1. The molecule has 1 rings (SSSR count). The van der Waals surface area contributed by atoms with Crippen molar-refractivity contribution < 1.29 is 18.8 Å². The molecule has 0 fully saturated rings. The lowest BCUT2D eigenvalue weighted by Gasteiger charge is -2.15. The Kier molecular flexibility index (Phi) is 6.41. The lowest BCUT2D eigenvalue weighted by molar-refractivity contribution is -0.384. The first kappa shape index (κ1) is 17.2. The van der Waals surface area contributed by atoms with Gasteiger partial charge in [-0.15, -0.1) is 0 Å². The highest BCUT2D eigenvalue weighted by molar-refractivity contribution is 7.99. The van der Waals surface area contributed by atoms with Crippen LogP contribution in [0.2, 0.25) is 0 Å². The third-order valence-electron chi connectivity index (χ3n) is 2.66. The van der Waals surface area contributed by atoms with Crippen molar-refractivity contribution in [3.63, 3.8) is 0 Å². The van der Waals surface area contributed by atoms with Crippen molar-refractivity contribution >= 4 is 29.1 Å². The normalized spacial score (nSPS) is 11.8. The van der Waals surface area contributed by atoms with Gasteiger partial charge in [-0.2, -0.15) is 11.8 Å². The van der Waals surface area contributed by atoms with Gasteiger partial charge >= 0.3 is 5.97 Å². The summed E-state index contributed by atoms with van der Waals surface area (Å²) in [6.07, 6.45) is 0. The maximum absolute atomic E-state index is 13.7. The minimum absolute atomic E-state index is 0.0652. The van der Waals surface area contributed by atoms with Gasteiger partial charge in [-0.05, 0) is 18.7 Å². The van der Waals surface area contributed by atoms with E-state index in [1.165, 1.54) is 0 Å². The molecule has 0 aromatic heterocycles. The van der Waals surface area contributed by atoms with E-state index in [-0.39, 0.29) is 17.3 Å². The van der Waals surface area contributed by atoms with Gasteiger partial charge in [0.15, 0.2) is 0 Å². The van der Waals surface area contributed by atoms with Crippen LogP contribution < -0.4 is 5.32 Å². The molecule has 21 heavy (non-hydrogen) atoms. The van der Waals surface area contributed by atoms with Gasteiger partial charge in [0, 0.05) is 11.8 Å². The average molecular weight is 316 g/mol. The zero-order valence-electron chi connectivity index (χ0n) is 12.0. The first-order chi connectivity index (χ1) is 9.90. The molecule has 0 aliphatic carbocycles. The number of carbonyl (C=O) groups excluding carboxylic acids is 1. The smallest absolute Gasteiger partial charge is 0.340 e. The van der Waals surface area contributed by atoms with E-state index in [9.17, 15) is 19.3 Å². The molecule has 0 heterocycles. The zero-order chi connectivity index (χ0) is 16.0. The van der Waals surface area contributed by atoms with Crippen molar-refractivity contribution in [1.29, 1.82) is 0 Å². The van der Waals surface area contributed by atoms with Gasteiger partial charge in [-0.3, -0.25) is 10.1 Å². The lowest BCUT2D eigenvalue weighted by atomic mass is 10.1. The van der Waals surface area contributed by atoms with Crippen LogP contribution in [0.15, 0.2) is 12.1 Å². The van der Waals surface area contributed by atoms with Crippen LogP contribution in [0, 0.1) is 15.9 Å². The van der Waals surface area contributed by atoms with E-state index < -0.39 is 22.4 Å². The fraction of sp³-hybridized carbons (Fsp3) is 0.462. The maximum atomic E-state index is 13.7. The number of methoxy groups -OCH3 is 1. The van der Waals surface area contributed by atoms with Gasteiger partial charge in [-0.25, -0.2) is 9.18 Å². The Hall–Kier alpha value is -1.83. The van der Waals surface area contributed by atoms with Crippen LogP contribution in [-0.4, -0.2) is 35.5 Å². The van der Waals surface area contributed by atoms with Crippen molar-refractivity contribution in [2.45, 2.75) is 19.9 Å². The topological polar surface area (TPSA) is 81.5 Å². The summed E-state index contributed by atoms with van der Waals surface area (Å²) in [4.78, 5) is 21.8. The summed E-state index contributed by atoms with van der Waals surface area (Å²) in [7, 11) is 1.12. The molecule has 6 nitrogen and oxygen atoms in total. The second-order valence-electron chi connectivity index (χ2n) is 4.30. The van der Waals surface area contributed by atoms with Gasteiger partial charge in [0.1, 0.15) is 11.5 Å². The molecular formula is C13H17FN2O4S. The molecule has 116 valence electrons. The van der Waals surface area contributed by atoms with E-state index in [4.69, 9.17) is 0 Å². The number of nitrogens with zero attached hydrogens (tertiary/aromatic N) is 1. The Morgan fingerprint density at radius 3 is 2.76 bits per heavy atom. The van der Waals surface area contributed by atoms with Crippen molar-refractivity contribution in [2.75, 3.05) is 23.9 Å². The molecule has 1 aromatic rings. The SMILES string of the molecule is CCSCC(C)Nc1cc(C(=O)OC)c(F)cc1[N+](=O)[O-]. The molecule has 0 saturated carbocycles. The summed E-state index contributed by atoms with van der Waals surface area (Å²) >= 11 is 1.67. The number of carbonyl (C=O) groups is 1. The van der Waals surface area contributed by atoms with E-state index in [1.54, 1.807) is 11.8 Å². The number of ether oxygens (including phenoxy) is 1. The fourth-order valence-electron chi connectivity index (χ4n) is 1.70. The fourth-order valence-corrected chi connectivity index (χ4v) is 2.37. The van der Waals surface area contributed by atoms with Crippen molar-refractivity contribution in [1.82, 2.24) is 0 Å². The Balaban J connectivity index is 3.14. The van der Waals surface area contributed by atoms with Gasteiger partial charge in [-0.1, -0.05) is 6.92 Å². The van der Waals surface area contributed by atoms with E-state index in [0.717, 1.165) is 30.7 Å². The summed E-state index contributed by atoms with van der Waals surface area (Å²) in [6.45, 7) is 3.86. The van der Waals surface area contributed by atoms with Crippen LogP contribution in [0.1, 0.15) is 24.2 Å². The molecule has 0 amide bonds. The predicted octanol–water partition coefficient (Wildman–Crippen LogP) is 3.07. The van der Waals surface area contributed by atoms with E-state index in [2.05, 4.69) is 10.1 Å². The molecule has 0 saturated heterocycles. The number of hydrogen-bond acceptors (Lipinski definition) is 6. The first-order valence-electron chi connectivity index (χ1n) is 6.31. The average Bonchev–Trinajstić information content (AvgIpc) is 2.45. The molecule has 0 spiro atoms. The number of nitro benzene ring substituents is 1. The second-order valence-corrected chi connectivity index (χ2v) is 5.62. The third kappa shape index (κ3) is 4.59. The highest BCUT2D eigenvalue weighted by Crippen LogP contribution is 2.29. The van der Waals surface area contributed by atoms with E-state index >= 15 is 0 Å². The Morgan fingerprint density at radius 1 is 1.57 bits per heavy atom.